The second-order valence-corrected chi connectivity index (χ2v) is 28.7. The Labute approximate surface area is 569 Å². The van der Waals surface area contributed by atoms with E-state index in [1.165, 1.54) is 38.5 Å². The summed E-state index contributed by atoms with van der Waals surface area (Å²) in [5.41, 5.74) is 8.17. The maximum Gasteiger partial charge on any atom is 0.276 e. The lowest BCUT2D eigenvalue weighted by Gasteiger charge is -2.26. The fourth-order valence-electron chi connectivity index (χ4n) is 11.0. The van der Waals surface area contributed by atoms with E-state index in [0.717, 1.165) is 67.7 Å². The van der Waals surface area contributed by atoms with Gasteiger partial charge in [-0.05, 0) is 238 Å². The molecule has 25 nitrogen and oxygen atoms in total. The van der Waals surface area contributed by atoms with Crippen LogP contribution in [0.4, 0.5) is 11.4 Å². The number of amides is 5. The predicted octanol–water partition coefficient (Wildman–Crippen LogP) is 10.7. The molecular formula is C71H111N19O6. The standard InChI is InChI=1S/2C16H28N4O.2C14H18N4O.C11H19N3O2/c2*1-13-12-14(18-20(13)16(2,3)4)15(21)17-8-11-19-9-6-5-7-10-19;1-10-9-12(17-18(10)14(2,3)4)13(19)16-11-5-7-15-8-6-11;1-10-8-12(17-18(10)14(2,3)4)13(19)16-11-6-5-7-15-9-11;1-8(2)14-9(3)7-10(13-14)11(15)12-5-6-16-4/h2*12H,5-11H2,1-4H3,(H,17,21);5-9H,1-4H3,(H,15,16,19);5-9H,1-4H3,(H,16,19);7-8H,5-6H2,1-4H3,(H,12,15). The number of nitrogens with one attached hydrogen (secondary N) is 5. The first-order valence-corrected chi connectivity index (χ1v) is 33.6. The van der Waals surface area contributed by atoms with Crippen LogP contribution in [-0.4, -0.2) is 171 Å². The molecule has 7 aromatic heterocycles. The molecule has 0 aromatic carbocycles. The molecule has 5 N–H and O–H groups in total. The minimum atomic E-state index is -0.223. The van der Waals surface area contributed by atoms with Crippen molar-refractivity contribution in [1.29, 1.82) is 0 Å². The summed E-state index contributed by atoms with van der Waals surface area (Å²) in [5.74, 6) is -0.729. The number of rotatable bonds is 17. The third kappa shape index (κ3) is 25.0. The number of ether oxygens (including phenoxy) is 1. The van der Waals surface area contributed by atoms with Crippen molar-refractivity contribution in [3.05, 3.63) is 136 Å². The fraction of sp³-hybridized carbons (Fsp3) is 0.577. The lowest BCUT2D eigenvalue weighted by atomic mass is 10.1. The molecule has 0 bridgehead atoms. The first-order valence-electron chi connectivity index (χ1n) is 33.6. The number of methoxy groups -OCH3 is 1. The molecule has 0 unspecified atom stereocenters. The van der Waals surface area contributed by atoms with Gasteiger partial charge in [0.25, 0.3) is 29.5 Å². The number of piperidine rings is 2. The van der Waals surface area contributed by atoms with E-state index in [1.54, 1.807) is 74.4 Å². The fourth-order valence-corrected chi connectivity index (χ4v) is 11.0. The van der Waals surface area contributed by atoms with E-state index in [2.05, 4.69) is 155 Å². The number of likely N-dealkylation sites (tertiary alicyclic amines) is 2. The summed E-state index contributed by atoms with van der Waals surface area (Å²) in [6.07, 6.45) is 14.3. The molecule has 7 aromatic rings. The van der Waals surface area contributed by atoms with Crippen molar-refractivity contribution in [3.63, 3.8) is 0 Å². The second kappa shape index (κ2) is 36.1. The van der Waals surface area contributed by atoms with Crippen LogP contribution in [-0.2, 0) is 26.9 Å². The van der Waals surface area contributed by atoms with E-state index in [-0.39, 0.29) is 57.7 Å². The van der Waals surface area contributed by atoms with Gasteiger partial charge in [-0.3, -0.25) is 57.3 Å². The molecule has 9 rings (SSSR count). The van der Waals surface area contributed by atoms with Crippen LogP contribution in [0.25, 0.3) is 0 Å². The van der Waals surface area contributed by atoms with Crippen LogP contribution in [0.2, 0.25) is 0 Å². The van der Waals surface area contributed by atoms with Gasteiger partial charge in [-0.25, -0.2) is 0 Å². The van der Waals surface area contributed by atoms with Gasteiger partial charge in [-0.1, -0.05) is 12.8 Å². The lowest BCUT2D eigenvalue weighted by Crippen LogP contribution is -2.37. The highest BCUT2D eigenvalue weighted by Crippen LogP contribution is 2.22. The quantitative estimate of drug-likeness (QED) is 0.0530. The van der Waals surface area contributed by atoms with Gasteiger partial charge in [0.2, 0.25) is 0 Å². The number of nitrogens with zero attached hydrogens (tertiary/aromatic N) is 14. The number of aryl methyl sites for hydroxylation is 5. The molecule has 2 aliphatic heterocycles. The van der Waals surface area contributed by atoms with Crippen LogP contribution >= 0.6 is 0 Å². The Hall–Kier alpha value is -8.42. The first kappa shape index (κ1) is 78.3. The largest absolute Gasteiger partial charge is 0.383 e. The maximum atomic E-state index is 12.2. The van der Waals surface area contributed by atoms with Gasteiger partial charge < -0.3 is 41.1 Å². The molecule has 0 radical (unpaired) electrons. The van der Waals surface area contributed by atoms with Crippen molar-refractivity contribution in [2.45, 2.75) is 198 Å². The Kier molecular flexibility index (Phi) is 29.4. The zero-order valence-electron chi connectivity index (χ0n) is 61.1. The SMILES string of the molecule is COCCNC(=O)c1cc(C)n(C(C)C)n1.Cc1cc(C(=O)NCCN2CCCCC2)nn1C(C)(C)C.Cc1cc(C(=O)NCCN2CCCCC2)nn1C(C)(C)C.Cc1cc(C(=O)Nc2cccnc2)nn1C(C)(C)C.Cc1cc(C(=O)Nc2ccncc2)nn1C(C)(C)C. The van der Waals surface area contributed by atoms with Gasteiger partial charge in [-0.2, -0.15) is 25.5 Å². The molecule has 0 spiro atoms. The van der Waals surface area contributed by atoms with Crippen molar-refractivity contribution in [2.24, 2.45) is 0 Å². The summed E-state index contributed by atoms with van der Waals surface area (Å²) in [5, 5.41) is 36.1. The zero-order valence-corrected chi connectivity index (χ0v) is 61.1. The molecule has 25 heteroatoms. The third-order valence-corrected chi connectivity index (χ3v) is 15.4. The molecule has 0 saturated carbocycles. The van der Waals surface area contributed by atoms with Crippen molar-refractivity contribution in [1.82, 2.24) is 84.6 Å². The molecule has 526 valence electrons. The Balaban J connectivity index is 0.000000218. The number of pyridine rings is 2. The minimum Gasteiger partial charge on any atom is -0.383 e. The molecule has 9 heterocycles. The molecule has 0 atom stereocenters. The van der Waals surface area contributed by atoms with Gasteiger partial charge in [0.1, 0.15) is 17.1 Å². The minimum absolute atomic E-state index is 0.0712. The summed E-state index contributed by atoms with van der Waals surface area (Å²) in [7, 11) is 1.60. The van der Waals surface area contributed by atoms with E-state index in [0.29, 0.717) is 66.1 Å². The average Bonchev–Trinajstić information content (AvgIpc) is 1.72. The lowest BCUT2D eigenvalue weighted by molar-refractivity contribution is 0.0925. The van der Waals surface area contributed by atoms with E-state index in [4.69, 9.17) is 4.74 Å². The predicted molar refractivity (Wildman–Crippen MR) is 379 cm³/mol. The summed E-state index contributed by atoms with van der Waals surface area (Å²) >= 11 is 0. The first-order chi connectivity index (χ1) is 45.1. The normalized spacial score (nSPS) is 13.7. The number of hydrogen-bond acceptors (Lipinski definition) is 15. The summed E-state index contributed by atoms with van der Waals surface area (Å²) < 4.78 is 14.2. The Bertz CT molecular complexity index is 3360. The van der Waals surface area contributed by atoms with Crippen LogP contribution in [0, 0.1) is 34.6 Å². The van der Waals surface area contributed by atoms with Gasteiger partial charge >= 0.3 is 0 Å². The van der Waals surface area contributed by atoms with Gasteiger partial charge in [-0.15, -0.1) is 0 Å². The van der Waals surface area contributed by atoms with Crippen LogP contribution in [0.15, 0.2) is 79.4 Å². The van der Waals surface area contributed by atoms with Crippen molar-refractivity contribution in [3.8, 4) is 0 Å². The molecular weight excluding hydrogens is 1210 g/mol. The highest BCUT2D eigenvalue weighted by molar-refractivity contribution is 6.03. The summed E-state index contributed by atoms with van der Waals surface area (Å²) in [6, 6.07) is 16.4. The van der Waals surface area contributed by atoms with Crippen molar-refractivity contribution < 1.29 is 28.7 Å². The zero-order chi connectivity index (χ0) is 71.1. The van der Waals surface area contributed by atoms with E-state index in [1.807, 2.05) is 84.0 Å². The third-order valence-electron chi connectivity index (χ3n) is 15.4. The number of aromatic nitrogens is 12. The number of anilines is 2. The van der Waals surface area contributed by atoms with E-state index >= 15 is 0 Å². The number of carbonyl (C=O) groups is 5. The highest BCUT2D eigenvalue weighted by atomic mass is 16.5. The van der Waals surface area contributed by atoms with Crippen molar-refractivity contribution >= 4 is 40.9 Å². The van der Waals surface area contributed by atoms with Crippen molar-refractivity contribution in [2.75, 3.05) is 83.3 Å². The summed E-state index contributed by atoms with van der Waals surface area (Å²) in [6.45, 7) is 47.6. The molecule has 2 saturated heterocycles. The molecule has 5 amide bonds. The van der Waals surface area contributed by atoms with E-state index in [9.17, 15) is 24.0 Å². The Morgan fingerprint density at radius 2 is 0.781 bits per heavy atom. The molecule has 2 aliphatic rings. The van der Waals surface area contributed by atoms with Crippen LogP contribution < -0.4 is 26.6 Å². The van der Waals surface area contributed by atoms with Crippen LogP contribution in [0.3, 0.4) is 0 Å². The average molecular weight is 1330 g/mol. The Morgan fingerprint density at radius 1 is 0.438 bits per heavy atom. The Morgan fingerprint density at radius 3 is 1.10 bits per heavy atom. The summed E-state index contributed by atoms with van der Waals surface area (Å²) in [4.78, 5) is 72.9. The molecule has 2 fully saturated rings. The monoisotopic (exact) mass is 1330 g/mol. The highest BCUT2D eigenvalue weighted by Gasteiger charge is 2.25. The van der Waals surface area contributed by atoms with E-state index < -0.39 is 0 Å². The second-order valence-electron chi connectivity index (χ2n) is 28.7. The molecule has 96 heavy (non-hydrogen) atoms. The topological polar surface area (TPSA) is 276 Å². The number of hydrogen-bond donors (Lipinski definition) is 5. The van der Waals surface area contributed by atoms with Gasteiger partial charge in [0, 0.05) is 98.6 Å². The van der Waals surface area contributed by atoms with Crippen LogP contribution in [0.5, 0.6) is 0 Å². The number of carbonyl (C=O) groups excluding carboxylic acids is 5. The van der Waals surface area contributed by atoms with Gasteiger partial charge in [0.15, 0.2) is 11.4 Å². The smallest absolute Gasteiger partial charge is 0.276 e. The van der Waals surface area contributed by atoms with Gasteiger partial charge in [0.05, 0.1) is 40.6 Å². The molecule has 0 aliphatic carbocycles. The van der Waals surface area contributed by atoms with Crippen LogP contribution in [0.1, 0.15) is 222 Å². The maximum absolute atomic E-state index is 12.2.